The second kappa shape index (κ2) is 8.48. The highest BCUT2D eigenvalue weighted by Gasteiger charge is 2.39. The van der Waals surface area contributed by atoms with Gasteiger partial charge in [-0.3, -0.25) is 14.3 Å². The van der Waals surface area contributed by atoms with E-state index in [2.05, 4.69) is 31.9 Å². The molecular weight excluding hydrogens is 356 g/mol. The minimum Gasteiger partial charge on any atom is -0.326 e. The quantitative estimate of drug-likeness (QED) is 0.656. The van der Waals surface area contributed by atoms with Gasteiger partial charge < -0.3 is 10.6 Å². The van der Waals surface area contributed by atoms with Crippen LogP contribution in [0.1, 0.15) is 31.2 Å². The largest absolute Gasteiger partial charge is 0.326 e. The van der Waals surface area contributed by atoms with E-state index in [9.17, 15) is 9.59 Å². The Morgan fingerprint density at radius 3 is 2.68 bits per heavy atom. The number of carbonyl (C=O) groups is 2. The first-order valence-electron chi connectivity index (χ1n) is 9.05. The molecule has 0 saturated heterocycles. The van der Waals surface area contributed by atoms with Gasteiger partial charge in [0.25, 0.3) is 0 Å². The number of hydrogen-bond donors (Lipinski definition) is 2. The summed E-state index contributed by atoms with van der Waals surface area (Å²) in [6.45, 7) is 2.01. The van der Waals surface area contributed by atoms with E-state index in [1.807, 2.05) is 13.0 Å². The first-order valence-corrected chi connectivity index (χ1v) is 9.05. The number of benzene rings is 1. The van der Waals surface area contributed by atoms with Crippen LogP contribution in [0.2, 0.25) is 0 Å². The molecule has 1 aliphatic heterocycles. The SMILES string of the molecule is C#CCCC1(CCC(=O)Nc2ccc(NC(=O)Cn3cccn3)c(C)c2)N=N1. The van der Waals surface area contributed by atoms with Crippen LogP contribution < -0.4 is 10.6 Å². The Labute approximate surface area is 163 Å². The number of aromatic nitrogens is 2. The van der Waals surface area contributed by atoms with Gasteiger partial charge in [-0.15, -0.1) is 12.3 Å². The van der Waals surface area contributed by atoms with Crippen molar-refractivity contribution < 1.29 is 9.59 Å². The molecule has 0 saturated carbocycles. The zero-order valence-corrected chi connectivity index (χ0v) is 15.7. The topological polar surface area (TPSA) is 101 Å². The van der Waals surface area contributed by atoms with Crippen molar-refractivity contribution in [2.45, 2.75) is 44.8 Å². The first kappa shape index (κ1) is 19.3. The van der Waals surface area contributed by atoms with Gasteiger partial charge in [-0.2, -0.15) is 15.3 Å². The molecule has 1 aromatic carbocycles. The maximum atomic E-state index is 12.2. The van der Waals surface area contributed by atoms with E-state index < -0.39 is 5.66 Å². The minimum absolute atomic E-state index is 0.104. The molecule has 2 N–H and O–H groups in total. The van der Waals surface area contributed by atoms with E-state index in [4.69, 9.17) is 6.42 Å². The third-order valence-electron chi connectivity index (χ3n) is 4.45. The van der Waals surface area contributed by atoms with Gasteiger partial charge in [-0.1, -0.05) is 0 Å². The molecule has 3 rings (SSSR count). The molecule has 2 aromatic rings. The fraction of sp³-hybridized carbons (Fsp3) is 0.350. The molecule has 28 heavy (non-hydrogen) atoms. The molecule has 1 aliphatic rings. The highest BCUT2D eigenvalue weighted by Crippen LogP contribution is 2.37. The van der Waals surface area contributed by atoms with Crippen molar-refractivity contribution in [3.63, 3.8) is 0 Å². The molecule has 2 heterocycles. The van der Waals surface area contributed by atoms with Crippen molar-refractivity contribution in [1.82, 2.24) is 9.78 Å². The van der Waals surface area contributed by atoms with E-state index in [0.717, 1.165) is 5.56 Å². The lowest BCUT2D eigenvalue weighted by Crippen LogP contribution is -2.20. The molecule has 0 radical (unpaired) electrons. The Kier molecular flexibility index (Phi) is 5.84. The van der Waals surface area contributed by atoms with Gasteiger partial charge in [-0.05, 0) is 36.8 Å². The standard InChI is InChI=1S/C20H22N6O2/c1-3-4-9-20(24-25-20)10-8-18(27)22-16-6-7-17(15(2)13-16)23-19(28)14-26-12-5-11-21-26/h1,5-7,11-13H,4,8-10,14H2,2H3,(H,22,27)(H,23,28). The maximum Gasteiger partial charge on any atom is 0.246 e. The fourth-order valence-electron chi connectivity index (χ4n) is 2.82. The van der Waals surface area contributed by atoms with Gasteiger partial charge in [0, 0.05) is 49.5 Å². The molecule has 0 aliphatic carbocycles. The number of anilines is 2. The van der Waals surface area contributed by atoms with Gasteiger partial charge >= 0.3 is 0 Å². The normalized spacial score (nSPS) is 13.6. The molecule has 144 valence electrons. The second-order valence-corrected chi connectivity index (χ2v) is 6.72. The van der Waals surface area contributed by atoms with Crippen molar-refractivity contribution in [3.05, 3.63) is 42.2 Å². The van der Waals surface area contributed by atoms with Crippen molar-refractivity contribution in [2.24, 2.45) is 10.2 Å². The summed E-state index contributed by atoms with van der Waals surface area (Å²) in [4.78, 5) is 24.3. The summed E-state index contributed by atoms with van der Waals surface area (Å²) in [5.41, 5.74) is 1.76. The van der Waals surface area contributed by atoms with E-state index in [0.29, 0.717) is 37.1 Å². The Balaban J connectivity index is 1.49. The smallest absolute Gasteiger partial charge is 0.246 e. The van der Waals surface area contributed by atoms with Crippen LogP contribution in [0, 0.1) is 19.3 Å². The lowest BCUT2D eigenvalue weighted by molar-refractivity contribution is -0.117. The van der Waals surface area contributed by atoms with Crippen LogP contribution >= 0.6 is 0 Å². The van der Waals surface area contributed by atoms with E-state index in [1.54, 1.807) is 35.3 Å². The van der Waals surface area contributed by atoms with Crippen molar-refractivity contribution in [3.8, 4) is 12.3 Å². The van der Waals surface area contributed by atoms with Gasteiger partial charge in [-0.25, -0.2) is 0 Å². The molecule has 2 amide bonds. The van der Waals surface area contributed by atoms with Crippen LogP contribution in [0.5, 0.6) is 0 Å². The van der Waals surface area contributed by atoms with E-state index >= 15 is 0 Å². The summed E-state index contributed by atoms with van der Waals surface area (Å²) in [6, 6.07) is 7.11. The molecule has 1 aromatic heterocycles. The highest BCUT2D eigenvalue weighted by molar-refractivity contribution is 5.93. The lowest BCUT2D eigenvalue weighted by Gasteiger charge is -2.12. The van der Waals surface area contributed by atoms with Crippen molar-refractivity contribution in [2.75, 3.05) is 10.6 Å². The summed E-state index contributed by atoms with van der Waals surface area (Å²) in [5, 5.41) is 17.8. The zero-order chi connectivity index (χ0) is 20.0. The molecule has 8 heteroatoms. The van der Waals surface area contributed by atoms with Crippen LogP contribution in [0.15, 0.2) is 46.9 Å². The van der Waals surface area contributed by atoms with Crippen LogP contribution in [-0.4, -0.2) is 27.3 Å². The van der Waals surface area contributed by atoms with Crippen LogP contribution in [0.4, 0.5) is 11.4 Å². The lowest BCUT2D eigenvalue weighted by atomic mass is 10.0. The highest BCUT2D eigenvalue weighted by atomic mass is 16.2. The Morgan fingerprint density at radius 1 is 1.21 bits per heavy atom. The third-order valence-corrected chi connectivity index (χ3v) is 4.45. The summed E-state index contributed by atoms with van der Waals surface area (Å²) in [6.07, 6.45) is 10.8. The van der Waals surface area contributed by atoms with Crippen LogP contribution in [-0.2, 0) is 16.1 Å². The maximum absolute atomic E-state index is 12.2. The van der Waals surface area contributed by atoms with Gasteiger partial charge in [0.1, 0.15) is 6.54 Å². The molecular formula is C20H22N6O2. The van der Waals surface area contributed by atoms with Crippen LogP contribution in [0.25, 0.3) is 0 Å². The van der Waals surface area contributed by atoms with Crippen molar-refractivity contribution >= 4 is 23.2 Å². The van der Waals surface area contributed by atoms with Gasteiger partial charge in [0.2, 0.25) is 11.8 Å². The van der Waals surface area contributed by atoms with E-state index in [1.165, 1.54) is 0 Å². The number of aryl methyl sites for hydroxylation is 1. The molecule has 0 bridgehead atoms. The van der Waals surface area contributed by atoms with Crippen molar-refractivity contribution in [1.29, 1.82) is 0 Å². The number of hydrogen-bond acceptors (Lipinski definition) is 5. The Morgan fingerprint density at radius 2 is 2.04 bits per heavy atom. The predicted molar refractivity (Wildman–Crippen MR) is 106 cm³/mol. The molecule has 0 unspecified atom stereocenters. The number of terminal acetylenes is 1. The van der Waals surface area contributed by atoms with Crippen LogP contribution in [0.3, 0.4) is 0 Å². The molecule has 0 spiro atoms. The van der Waals surface area contributed by atoms with Gasteiger partial charge in [0.15, 0.2) is 5.66 Å². The monoisotopic (exact) mass is 378 g/mol. The number of amides is 2. The summed E-state index contributed by atoms with van der Waals surface area (Å²) >= 11 is 0. The number of nitrogens with zero attached hydrogens (tertiary/aromatic N) is 4. The van der Waals surface area contributed by atoms with Gasteiger partial charge in [0.05, 0.1) is 0 Å². The van der Waals surface area contributed by atoms with E-state index in [-0.39, 0.29) is 18.4 Å². The summed E-state index contributed by atoms with van der Waals surface area (Å²) < 4.78 is 1.55. The number of carbonyl (C=O) groups excluding carboxylic acids is 2. The molecule has 0 atom stereocenters. The average Bonchev–Trinajstić information content (AvgIpc) is 3.26. The molecule has 0 fully saturated rings. The number of rotatable bonds is 9. The second-order valence-electron chi connectivity index (χ2n) is 6.72. The minimum atomic E-state index is -0.456. The predicted octanol–water partition coefficient (Wildman–Crippen LogP) is 3.12. The Hall–Kier alpha value is -3.47. The molecule has 8 nitrogen and oxygen atoms in total. The number of nitrogens with one attached hydrogen (secondary N) is 2. The Bertz CT molecular complexity index is 921. The summed E-state index contributed by atoms with van der Waals surface area (Å²) in [5.74, 6) is 2.30. The average molecular weight is 378 g/mol. The fourth-order valence-corrected chi connectivity index (χ4v) is 2.82. The third kappa shape index (κ3) is 5.27. The summed E-state index contributed by atoms with van der Waals surface area (Å²) in [7, 11) is 0. The first-order chi connectivity index (χ1) is 13.5. The zero-order valence-electron chi connectivity index (χ0n) is 15.7.